The van der Waals surface area contributed by atoms with Gasteiger partial charge in [0.2, 0.25) is 11.7 Å². The van der Waals surface area contributed by atoms with Crippen LogP contribution in [-0.2, 0) is 6.42 Å². The molecule has 1 aliphatic rings. The Morgan fingerprint density at radius 2 is 1.80 bits per heavy atom. The molecule has 1 saturated heterocycles. The Balaban J connectivity index is 1.22. The van der Waals surface area contributed by atoms with Gasteiger partial charge in [-0.1, -0.05) is 58.7 Å². The molecule has 0 spiro atoms. The highest BCUT2D eigenvalue weighted by Crippen LogP contribution is 2.19. The summed E-state index contributed by atoms with van der Waals surface area (Å²) in [7, 11) is 0. The lowest BCUT2D eigenvalue weighted by Gasteiger charge is -2.34. The highest BCUT2D eigenvalue weighted by molar-refractivity contribution is 6.33. The van der Waals surface area contributed by atoms with E-state index in [4.69, 9.17) is 16.1 Å². The van der Waals surface area contributed by atoms with E-state index in [-0.39, 0.29) is 5.91 Å². The molecule has 0 unspecified atom stereocenters. The van der Waals surface area contributed by atoms with Crippen LogP contribution < -0.4 is 0 Å². The Hall–Kier alpha value is -2.70. The monoisotopic (exact) mass is 424 g/mol. The Kier molecular flexibility index (Phi) is 6.45. The van der Waals surface area contributed by atoms with E-state index in [0.29, 0.717) is 35.4 Å². The third-order valence-corrected chi connectivity index (χ3v) is 5.74. The molecule has 0 saturated carbocycles. The van der Waals surface area contributed by atoms with Crippen LogP contribution in [0.1, 0.15) is 28.2 Å². The second-order valence-corrected chi connectivity index (χ2v) is 8.00. The van der Waals surface area contributed by atoms with Crippen molar-refractivity contribution in [2.75, 3.05) is 32.7 Å². The molecule has 0 N–H and O–H groups in total. The number of hydrogen-bond donors (Lipinski definition) is 0. The van der Waals surface area contributed by atoms with Crippen molar-refractivity contribution in [2.45, 2.75) is 19.8 Å². The van der Waals surface area contributed by atoms with Crippen LogP contribution in [0.15, 0.2) is 53.1 Å². The fourth-order valence-electron chi connectivity index (χ4n) is 3.61. The standard InChI is InChI=1S/C23H25ClN4O2/c1-17-8-10-18(11-9-17)22-25-21(30-26-22)7-4-12-27-13-15-28(16-14-27)23(29)19-5-2-3-6-20(19)24/h2-3,5-6,8-11H,4,7,12-16H2,1H3. The minimum Gasteiger partial charge on any atom is -0.339 e. The van der Waals surface area contributed by atoms with Crippen LogP contribution in [0.2, 0.25) is 5.02 Å². The topological polar surface area (TPSA) is 62.5 Å². The number of amides is 1. The molecule has 1 aromatic heterocycles. The van der Waals surface area contributed by atoms with Crippen molar-refractivity contribution in [2.24, 2.45) is 0 Å². The second kappa shape index (κ2) is 9.41. The number of halogens is 1. The van der Waals surface area contributed by atoms with Gasteiger partial charge in [-0.2, -0.15) is 4.98 Å². The average Bonchev–Trinajstić information content (AvgIpc) is 3.23. The zero-order chi connectivity index (χ0) is 20.9. The Morgan fingerprint density at radius 1 is 1.07 bits per heavy atom. The number of carbonyl (C=O) groups is 1. The normalized spacial score (nSPS) is 14.8. The molecule has 1 aliphatic heterocycles. The highest BCUT2D eigenvalue weighted by Gasteiger charge is 2.23. The predicted molar refractivity (Wildman–Crippen MR) is 117 cm³/mol. The Morgan fingerprint density at radius 3 is 2.53 bits per heavy atom. The lowest BCUT2D eigenvalue weighted by Crippen LogP contribution is -2.48. The maximum absolute atomic E-state index is 12.7. The molecule has 1 fully saturated rings. The molecule has 3 aromatic rings. The Bertz CT molecular complexity index is 994. The zero-order valence-electron chi connectivity index (χ0n) is 17.1. The molecular weight excluding hydrogens is 400 g/mol. The van der Waals surface area contributed by atoms with Crippen LogP contribution in [0.25, 0.3) is 11.4 Å². The van der Waals surface area contributed by atoms with Crippen molar-refractivity contribution in [1.82, 2.24) is 19.9 Å². The summed E-state index contributed by atoms with van der Waals surface area (Å²) in [6.07, 6.45) is 1.69. The van der Waals surface area contributed by atoms with Gasteiger partial charge < -0.3 is 9.42 Å². The summed E-state index contributed by atoms with van der Waals surface area (Å²) in [5, 5.41) is 4.60. The van der Waals surface area contributed by atoms with Crippen molar-refractivity contribution in [3.05, 3.63) is 70.6 Å². The van der Waals surface area contributed by atoms with Gasteiger partial charge in [-0.3, -0.25) is 9.69 Å². The van der Waals surface area contributed by atoms with Crippen LogP contribution in [0.4, 0.5) is 0 Å². The van der Waals surface area contributed by atoms with Crippen molar-refractivity contribution in [1.29, 1.82) is 0 Å². The smallest absolute Gasteiger partial charge is 0.255 e. The van der Waals surface area contributed by atoms with Crippen molar-refractivity contribution in [3.63, 3.8) is 0 Å². The van der Waals surface area contributed by atoms with Crippen molar-refractivity contribution < 1.29 is 9.32 Å². The van der Waals surface area contributed by atoms with E-state index in [0.717, 1.165) is 38.0 Å². The van der Waals surface area contributed by atoms with Crippen LogP contribution in [-0.4, -0.2) is 58.6 Å². The minimum absolute atomic E-state index is 0.00902. The van der Waals surface area contributed by atoms with Gasteiger partial charge in [-0.05, 0) is 32.0 Å². The molecule has 2 heterocycles. The number of aryl methyl sites for hydroxylation is 2. The van der Waals surface area contributed by atoms with Crippen molar-refractivity contribution >= 4 is 17.5 Å². The summed E-state index contributed by atoms with van der Waals surface area (Å²) < 4.78 is 5.40. The first-order valence-electron chi connectivity index (χ1n) is 10.3. The molecule has 0 radical (unpaired) electrons. The molecule has 6 nitrogen and oxygen atoms in total. The van der Waals surface area contributed by atoms with E-state index in [1.54, 1.807) is 12.1 Å². The number of hydrogen-bond acceptors (Lipinski definition) is 5. The predicted octanol–water partition coefficient (Wildman–Crippen LogP) is 4.09. The summed E-state index contributed by atoms with van der Waals surface area (Å²) in [6, 6.07) is 15.3. The fourth-order valence-corrected chi connectivity index (χ4v) is 3.83. The van der Waals surface area contributed by atoms with Gasteiger partial charge in [0.25, 0.3) is 5.91 Å². The van der Waals surface area contributed by atoms with Gasteiger partial charge in [-0.15, -0.1) is 0 Å². The van der Waals surface area contributed by atoms with Crippen LogP contribution in [0, 0.1) is 6.92 Å². The molecule has 30 heavy (non-hydrogen) atoms. The number of rotatable bonds is 6. The number of nitrogens with zero attached hydrogens (tertiary/aromatic N) is 4. The van der Waals surface area contributed by atoms with Crippen molar-refractivity contribution in [3.8, 4) is 11.4 Å². The van der Waals surface area contributed by atoms with E-state index in [2.05, 4.69) is 22.0 Å². The first-order chi connectivity index (χ1) is 14.6. The zero-order valence-corrected chi connectivity index (χ0v) is 17.8. The lowest BCUT2D eigenvalue weighted by atomic mass is 10.1. The highest BCUT2D eigenvalue weighted by atomic mass is 35.5. The summed E-state index contributed by atoms with van der Waals surface area (Å²) in [5.74, 6) is 1.31. The molecule has 0 aliphatic carbocycles. The summed E-state index contributed by atoms with van der Waals surface area (Å²) in [5.41, 5.74) is 2.75. The van der Waals surface area contributed by atoms with E-state index in [1.165, 1.54) is 5.56 Å². The number of carbonyl (C=O) groups excluding carboxylic acids is 1. The SMILES string of the molecule is Cc1ccc(-c2noc(CCCN3CCN(C(=O)c4ccccc4Cl)CC3)n2)cc1. The van der Waals surface area contributed by atoms with Gasteiger partial charge in [0.05, 0.1) is 10.6 Å². The second-order valence-electron chi connectivity index (χ2n) is 7.59. The fraction of sp³-hybridized carbons (Fsp3) is 0.348. The van der Waals surface area contributed by atoms with E-state index in [9.17, 15) is 4.79 Å². The average molecular weight is 425 g/mol. The minimum atomic E-state index is 0.00902. The first-order valence-corrected chi connectivity index (χ1v) is 10.6. The van der Waals surface area contributed by atoms with Gasteiger partial charge >= 0.3 is 0 Å². The summed E-state index contributed by atoms with van der Waals surface area (Å²) >= 11 is 6.16. The first kappa shape index (κ1) is 20.6. The number of benzene rings is 2. The van der Waals surface area contributed by atoms with Gasteiger partial charge in [0.1, 0.15) is 0 Å². The van der Waals surface area contributed by atoms with Crippen LogP contribution >= 0.6 is 11.6 Å². The molecule has 7 heteroatoms. The maximum Gasteiger partial charge on any atom is 0.255 e. The largest absolute Gasteiger partial charge is 0.339 e. The van der Waals surface area contributed by atoms with Crippen LogP contribution in [0.5, 0.6) is 0 Å². The molecule has 156 valence electrons. The summed E-state index contributed by atoms with van der Waals surface area (Å²) in [4.78, 5) is 21.4. The van der Waals surface area contributed by atoms with E-state index in [1.807, 2.05) is 41.3 Å². The third-order valence-electron chi connectivity index (χ3n) is 5.41. The summed E-state index contributed by atoms with van der Waals surface area (Å²) in [6.45, 7) is 6.13. The Labute approximate surface area is 181 Å². The van der Waals surface area contributed by atoms with Gasteiger partial charge in [0, 0.05) is 38.2 Å². The quantitative estimate of drug-likeness (QED) is 0.596. The van der Waals surface area contributed by atoms with Gasteiger partial charge in [0.15, 0.2) is 0 Å². The van der Waals surface area contributed by atoms with E-state index < -0.39 is 0 Å². The lowest BCUT2D eigenvalue weighted by molar-refractivity contribution is 0.0635. The molecule has 0 bridgehead atoms. The van der Waals surface area contributed by atoms with Crippen LogP contribution in [0.3, 0.4) is 0 Å². The number of aromatic nitrogens is 2. The number of piperazine rings is 1. The molecule has 1 amide bonds. The maximum atomic E-state index is 12.7. The van der Waals surface area contributed by atoms with E-state index >= 15 is 0 Å². The molecule has 2 aromatic carbocycles. The molecular formula is C23H25ClN4O2. The third kappa shape index (κ3) is 4.89. The molecule has 0 atom stereocenters. The van der Waals surface area contributed by atoms with Gasteiger partial charge in [-0.25, -0.2) is 0 Å². The molecule has 4 rings (SSSR count).